The number of nitrogens with zero attached hydrogens (tertiary/aromatic N) is 3. The van der Waals surface area contributed by atoms with Crippen LogP contribution in [0.1, 0.15) is 34.7 Å². The van der Waals surface area contributed by atoms with E-state index >= 15 is 0 Å². The van der Waals surface area contributed by atoms with Crippen LogP contribution in [0, 0.1) is 19.8 Å². The van der Waals surface area contributed by atoms with E-state index in [4.69, 9.17) is 16.1 Å². The normalized spacial score (nSPS) is 25.3. The molecule has 0 amide bonds. The van der Waals surface area contributed by atoms with Crippen LogP contribution in [-0.4, -0.2) is 40.6 Å². The summed E-state index contributed by atoms with van der Waals surface area (Å²) in [5.41, 5.74) is 2.31. The maximum Gasteiger partial charge on any atom is 0.138 e. The lowest BCUT2D eigenvalue weighted by atomic mass is 9.95. The molecular formula is C18H24ClN3OS. The standard InChI is InChI=1S/C18H24ClN3OS/c1-12-17(13(2)23-20-12)11-21-7-14-3-4-15(9-21)22(8-14)10-16-5-6-18(19)24-16/h5-6,14-15H,3-4,7-11H2,1-2H3/t14-,15+/m0/s1. The Morgan fingerprint density at radius 1 is 1.21 bits per heavy atom. The van der Waals surface area contributed by atoms with Gasteiger partial charge in [0, 0.05) is 49.2 Å². The molecule has 0 aliphatic carbocycles. The number of thiophene rings is 1. The maximum atomic E-state index is 6.10. The molecule has 6 heteroatoms. The van der Waals surface area contributed by atoms with Crippen molar-refractivity contribution in [2.75, 3.05) is 19.6 Å². The highest BCUT2D eigenvalue weighted by atomic mass is 35.5. The van der Waals surface area contributed by atoms with Gasteiger partial charge >= 0.3 is 0 Å². The van der Waals surface area contributed by atoms with Crippen molar-refractivity contribution in [2.45, 2.75) is 45.8 Å². The van der Waals surface area contributed by atoms with Crippen LogP contribution in [0.15, 0.2) is 16.7 Å². The number of aryl methyl sites for hydroxylation is 2. The average molecular weight is 366 g/mol. The second-order valence-corrected chi connectivity index (χ2v) is 9.03. The smallest absolute Gasteiger partial charge is 0.138 e. The molecule has 24 heavy (non-hydrogen) atoms. The van der Waals surface area contributed by atoms with Crippen molar-refractivity contribution in [1.29, 1.82) is 0 Å². The lowest BCUT2D eigenvalue weighted by Crippen LogP contribution is -2.43. The summed E-state index contributed by atoms with van der Waals surface area (Å²) in [5.74, 6) is 1.73. The van der Waals surface area contributed by atoms with Gasteiger partial charge in [-0.1, -0.05) is 16.8 Å². The first-order valence-corrected chi connectivity index (χ1v) is 9.90. The van der Waals surface area contributed by atoms with E-state index in [2.05, 4.69) is 21.0 Å². The second kappa shape index (κ2) is 6.79. The molecule has 2 atom stereocenters. The first kappa shape index (κ1) is 16.6. The van der Waals surface area contributed by atoms with E-state index in [1.807, 2.05) is 19.9 Å². The summed E-state index contributed by atoms with van der Waals surface area (Å²) in [5, 5.41) is 4.11. The Kier molecular flexibility index (Phi) is 4.69. The molecule has 130 valence electrons. The van der Waals surface area contributed by atoms with E-state index in [-0.39, 0.29) is 0 Å². The number of rotatable bonds is 4. The van der Waals surface area contributed by atoms with Crippen molar-refractivity contribution in [3.05, 3.63) is 38.4 Å². The van der Waals surface area contributed by atoms with Crippen molar-refractivity contribution < 1.29 is 4.52 Å². The third-order valence-corrected chi connectivity index (χ3v) is 6.67. The van der Waals surface area contributed by atoms with Crippen LogP contribution in [0.5, 0.6) is 0 Å². The largest absolute Gasteiger partial charge is 0.361 e. The van der Waals surface area contributed by atoms with Gasteiger partial charge in [0.25, 0.3) is 0 Å². The fraction of sp³-hybridized carbons (Fsp3) is 0.611. The summed E-state index contributed by atoms with van der Waals surface area (Å²) < 4.78 is 6.24. The van der Waals surface area contributed by atoms with Crippen LogP contribution < -0.4 is 0 Å². The SMILES string of the molecule is Cc1noc(C)c1CN1C[C@@H]2CC[C@H](C1)N(Cc1ccc(Cl)s1)C2. The van der Waals surface area contributed by atoms with Crippen molar-refractivity contribution in [1.82, 2.24) is 15.0 Å². The molecule has 4 nitrogen and oxygen atoms in total. The summed E-state index contributed by atoms with van der Waals surface area (Å²) in [6, 6.07) is 4.83. The molecule has 5 heterocycles. The van der Waals surface area contributed by atoms with Gasteiger partial charge in [-0.05, 0) is 44.7 Å². The van der Waals surface area contributed by atoms with Gasteiger partial charge in [0.1, 0.15) is 5.76 Å². The Bertz CT molecular complexity index is 693. The quantitative estimate of drug-likeness (QED) is 0.816. The number of hydrogen-bond acceptors (Lipinski definition) is 5. The van der Waals surface area contributed by atoms with Crippen LogP contribution in [0.3, 0.4) is 0 Å². The highest BCUT2D eigenvalue weighted by molar-refractivity contribution is 7.16. The molecule has 0 unspecified atom stereocenters. The van der Waals surface area contributed by atoms with Crippen LogP contribution >= 0.6 is 22.9 Å². The van der Waals surface area contributed by atoms with Gasteiger partial charge in [-0.2, -0.15) is 0 Å². The third-order valence-electron chi connectivity index (χ3n) is 5.45. The zero-order valence-electron chi connectivity index (χ0n) is 14.3. The van der Waals surface area contributed by atoms with Crippen molar-refractivity contribution >= 4 is 22.9 Å². The number of hydrogen-bond donors (Lipinski definition) is 0. The molecule has 3 saturated heterocycles. The summed E-state index contributed by atoms with van der Waals surface area (Å²) in [7, 11) is 0. The molecule has 2 aromatic rings. The Morgan fingerprint density at radius 3 is 2.79 bits per heavy atom. The monoisotopic (exact) mass is 365 g/mol. The Hall–Kier alpha value is -0.880. The number of halogens is 1. The molecule has 0 aromatic carbocycles. The van der Waals surface area contributed by atoms with Crippen LogP contribution in [-0.2, 0) is 13.1 Å². The number of piperidine rings is 1. The highest BCUT2D eigenvalue weighted by Crippen LogP contribution is 2.32. The molecule has 3 aliphatic rings. The van der Waals surface area contributed by atoms with Crippen LogP contribution in [0.25, 0.3) is 0 Å². The molecule has 2 bridgehead atoms. The maximum absolute atomic E-state index is 6.10. The zero-order chi connectivity index (χ0) is 16.7. The van der Waals surface area contributed by atoms with Gasteiger partial charge in [-0.15, -0.1) is 11.3 Å². The molecule has 0 N–H and O–H groups in total. The molecule has 3 aliphatic heterocycles. The van der Waals surface area contributed by atoms with E-state index < -0.39 is 0 Å². The summed E-state index contributed by atoms with van der Waals surface area (Å²) in [6.07, 6.45) is 2.66. The van der Waals surface area contributed by atoms with E-state index in [0.717, 1.165) is 41.3 Å². The van der Waals surface area contributed by atoms with Crippen LogP contribution in [0.2, 0.25) is 4.34 Å². The summed E-state index contributed by atoms with van der Waals surface area (Å²) >= 11 is 7.81. The molecule has 2 aromatic heterocycles. The Morgan fingerprint density at radius 2 is 2.08 bits per heavy atom. The predicted molar refractivity (Wildman–Crippen MR) is 97.5 cm³/mol. The first-order chi connectivity index (χ1) is 11.6. The zero-order valence-corrected chi connectivity index (χ0v) is 15.9. The van der Waals surface area contributed by atoms with Crippen molar-refractivity contribution in [3.63, 3.8) is 0 Å². The molecule has 5 rings (SSSR count). The van der Waals surface area contributed by atoms with E-state index in [1.54, 1.807) is 11.3 Å². The molecular weight excluding hydrogens is 342 g/mol. The molecule has 3 fully saturated rings. The molecule has 0 spiro atoms. The van der Waals surface area contributed by atoms with Crippen LogP contribution in [0.4, 0.5) is 0 Å². The fourth-order valence-electron chi connectivity index (χ4n) is 4.19. The number of aromatic nitrogens is 1. The fourth-order valence-corrected chi connectivity index (χ4v) is 5.30. The Labute approximate surface area is 152 Å². The summed E-state index contributed by atoms with van der Waals surface area (Å²) in [6.45, 7) is 9.60. The first-order valence-electron chi connectivity index (χ1n) is 8.71. The average Bonchev–Trinajstić information content (AvgIpc) is 2.96. The minimum absolute atomic E-state index is 0.644. The minimum Gasteiger partial charge on any atom is -0.361 e. The summed E-state index contributed by atoms with van der Waals surface area (Å²) in [4.78, 5) is 6.66. The van der Waals surface area contributed by atoms with Gasteiger partial charge in [0.05, 0.1) is 10.0 Å². The third kappa shape index (κ3) is 3.40. The van der Waals surface area contributed by atoms with Gasteiger partial charge in [-0.25, -0.2) is 0 Å². The van der Waals surface area contributed by atoms with Gasteiger partial charge in [0.15, 0.2) is 0 Å². The Balaban J connectivity index is 1.46. The van der Waals surface area contributed by atoms with E-state index in [9.17, 15) is 0 Å². The van der Waals surface area contributed by atoms with E-state index in [1.165, 1.54) is 36.4 Å². The molecule has 0 saturated carbocycles. The minimum atomic E-state index is 0.644. The van der Waals surface area contributed by atoms with Crippen molar-refractivity contribution in [3.8, 4) is 0 Å². The highest BCUT2D eigenvalue weighted by Gasteiger charge is 2.35. The lowest BCUT2D eigenvalue weighted by Gasteiger charge is -2.35. The van der Waals surface area contributed by atoms with Gasteiger partial charge < -0.3 is 4.52 Å². The number of fused-ring (bicyclic) bond motifs is 4. The second-order valence-electron chi connectivity index (χ2n) is 7.23. The predicted octanol–water partition coefficient (Wildman–Crippen LogP) is 4.10. The van der Waals surface area contributed by atoms with E-state index in [0.29, 0.717) is 6.04 Å². The van der Waals surface area contributed by atoms with Gasteiger partial charge in [-0.3, -0.25) is 9.80 Å². The van der Waals surface area contributed by atoms with Gasteiger partial charge in [0.2, 0.25) is 0 Å². The topological polar surface area (TPSA) is 32.5 Å². The molecule has 0 radical (unpaired) electrons. The van der Waals surface area contributed by atoms with Crippen molar-refractivity contribution in [2.24, 2.45) is 5.92 Å². The lowest BCUT2D eigenvalue weighted by molar-refractivity contribution is 0.124.